The smallest absolute Gasteiger partial charge is 0.358 e. The molecule has 19 heteroatoms. The monoisotopic (exact) mass is 1000 g/mol. The van der Waals surface area contributed by atoms with Crippen LogP contribution < -0.4 is 16.4 Å². The molecule has 0 bridgehead atoms. The summed E-state index contributed by atoms with van der Waals surface area (Å²) >= 11 is 11.9. The van der Waals surface area contributed by atoms with Gasteiger partial charge in [0.2, 0.25) is 0 Å². The Morgan fingerprint density at radius 2 is 0.869 bits per heavy atom. The largest absolute Gasteiger partial charge is 0.476 e. The number of carbonyl (C=O) groups is 3. The number of nitrogens with zero attached hydrogens (tertiary/aromatic N) is 9. The molecule has 0 fully saturated rings. The molecule has 6 aromatic rings. The van der Waals surface area contributed by atoms with Crippen molar-refractivity contribution in [2.45, 2.75) is 125 Å². The van der Waals surface area contributed by atoms with Gasteiger partial charge in [0.05, 0.1) is 0 Å². The number of aryl methyl sites for hydroxylation is 4. The predicted molar refractivity (Wildman–Crippen MR) is 263 cm³/mol. The first-order valence-electron chi connectivity index (χ1n) is 20.4. The minimum atomic E-state index is -1.11. The van der Waals surface area contributed by atoms with Gasteiger partial charge in [-0.3, -0.25) is 22.8 Å². The SMILES string of the molecule is CC.CC.CC.CC.CCN.CCNC(=O)c1ncn2c(C)c(C)c(C)nc12.CCNC(=O)c1ncn2c(C)c(C)c(Cl)nc12.Cc1c(Cl)nc2c(C(=O)O)ncn2c1C.I.[HH]. The molecule has 344 valence electrons. The van der Waals surface area contributed by atoms with Crippen LogP contribution in [0.15, 0.2) is 19.0 Å². The molecular formula is C42H71Cl2IN12O4. The summed E-state index contributed by atoms with van der Waals surface area (Å²) in [4.78, 5) is 59.0. The molecule has 0 aliphatic heterocycles. The molecule has 16 nitrogen and oxygen atoms in total. The van der Waals surface area contributed by atoms with Gasteiger partial charge in [0, 0.05) is 48.4 Å². The van der Waals surface area contributed by atoms with E-state index in [0.717, 1.165) is 46.0 Å². The van der Waals surface area contributed by atoms with E-state index >= 15 is 0 Å². The average Bonchev–Trinajstić information content (AvgIpc) is 4.00. The Bertz CT molecular complexity index is 2170. The first-order valence-corrected chi connectivity index (χ1v) is 21.1. The van der Waals surface area contributed by atoms with Crippen LogP contribution >= 0.6 is 47.2 Å². The molecule has 0 aliphatic carbocycles. The van der Waals surface area contributed by atoms with Gasteiger partial charge in [0.25, 0.3) is 11.8 Å². The lowest BCUT2D eigenvalue weighted by Gasteiger charge is -2.07. The van der Waals surface area contributed by atoms with E-state index in [-0.39, 0.29) is 48.6 Å². The highest BCUT2D eigenvalue weighted by Gasteiger charge is 2.19. The zero-order valence-corrected chi connectivity index (χ0v) is 43.1. The standard InChI is InChI=1S/C12H16N4O.C11H13ClN4O.C9H8ClN3O2.C2H7N.4C2H6.HI.H2/c1-5-13-12(17)10-11-15-8(3)7(2)9(4)16(11)6-14-10;1-4-13-11(17)8-10-15-9(12)6(2)7(3)16(10)5-14-8;1-4-5(2)13-3-11-6(9(14)15)8(13)12-7(4)10;1-2-3;4*1-2;;/h6H,5H2,1-4H3,(H,13,17);5H,4H2,1-3H3,(H,13,17);3H,1-2H3,(H,14,15);2-3H2,1H3;4*1-2H3;2*1H. The highest BCUT2D eigenvalue weighted by molar-refractivity contribution is 14.0. The number of aromatic carboxylic acids is 1. The van der Waals surface area contributed by atoms with Crippen molar-refractivity contribution in [1.29, 1.82) is 0 Å². The zero-order valence-electron chi connectivity index (χ0n) is 39.3. The lowest BCUT2D eigenvalue weighted by atomic mass is 10.2. The summed E-state index contributed by atoms with van der Waals surface area (Å²) in [6.45, 7) is 36.9. The van der Waals surface area contributed by atoms with Crippen LogP contribution in [-0.2, 0) is 0 Å². The van der Waals surface area contributed by atoms with E-state index in [1.54, 1.807) is 21.5 Å². The lowest BCUT2D eigenvalue weighted by Crippen LogP contribution is -2.23. The van der Waals surface area contributed by atoms with Crippen LogP contribution in [0.4, 0.5) is 0 Å². The molecule has 0 atom stereocenters. The van der Waals surface area contributed by atoms with Gasteiger partial charge in [-0.05, 0) is 74.4 Å². The van der Waals surface area contributed by atoms with Gasteiger partial charge in [0.1, 0.15) is 29.3 Å². The van der Waals surface area contributed by atoms with Gasteiger partial charge < -0.3 is 21.5 Å². The van der Waals surface area contributed by atoms with E-state index in [2.05, 4.69) is 40.5 Å². The third kappa shape index (κ3) is 15.8. The highest BCUT2D eigenvalue weighted by Crippen LogP contribution is 2.21. The average molecular weight is 1010 g/mol. The van der Waals surface area contributed by atoms with Gasteiger partial charge in [-0.15, -0.1) is 24.0 Å². The number of hydrogen-bond donors (Lipinski definition) is 4. The van der Waals surface area contributed by atoms with Crippen LogP contribution in [0.2, 0.25) is 10.3 Å². The maximum Gasteiger partial charge on any atom is 0.358 e. The van der Waals surface area contributed by atoms with Crippen molar-refractivity contribution in [2.75, 3.05) is 19.6 Å². The molecule has 0 aliphatic rings. The van der Waals surface area contributed by atoms with E-state index in [0.29, 0.717) is 46.1 Å². The fraction of sp³-hybridized carbons (Fsp3) is 0.500. The molecular weight excluding hydrogens is 934 g/mol. The van der Waals surface area contributed by atoms with Crippen molar-refractivity contribution in [2.24, 2.45) is 5.73 Å². The fourth-order valence-electron chi connectivity index (χ4n) is 4.74. The number of rotatable bonds is 5. The van der Waals surface area contributed by atoms with E-state index in [4.69, 9.17) is 34.0 Å². The number of fused-ring (bicyclic) bond motifs is 3. The second kappa shape index (κ2) is 31.4. The molecule has 2 amide bonds. The lowest BCUT2D eigenvalue weighted by molar-refractivity contribution is 0.0692. The number of halogens is 3. The Kier molecular flexibility index (Phi) is 31.3. The van der Waals surface area contributed by atoms with Crippen molar-refractivity contribution in [3.8, 4) is 0 Å². The number of nitrogens with one attached hydrogen (secondary N) is 2. The van der Waals surface area contributed by atoms with Crippen LogP contribution in [0.25, 0.3) is 16.9 Å². The molecule has 0 radical (unpaired) electrons. The Morgan fingerprint density at radius 1 is 0.590 bits per heavy atom. The van der Waals surface area contributed by atoms with Crippen molar-refractivity contribution in [3.05, 3.63) is 85.8 Å². The van der Waals surface area contributed by atoms with Crippen LogP contribution in [0.3, 0.4) is 0 Å². The zero-order chi connectivity index (χ0) is 47.0. The van der Waals surface area contributed by atoms with Gasteiger partial charge in [-0.1, -0.05) is 85.5 Å². The quantitative estimate of drug-likeness (QED) is 0.0943. The first kappa shape index (κ1) is 60.8. The topological polar surface area (TPSA) is 212 Å². The third-order valence-electron chi connectivity index (χ3n) is 8.09. The van der Waals surface area contributed by atoms with Gasteiger partial charge in [0.15, 0.2) is 34.0 Å². The van der Waals surface area contributed by atoms with Crippen LogP contribution in [-0.4, -0.2) is 85.6 Å². The molecule has 6 rings (SSSR count). The second-order valence-corrected chi connectivity index (χ2v) is 12.1. The minimum absolute atomic E-state index is 0. The van der Waals surface area contributed by atoms with Crippen LogP contribution in [0.5, 0.6) is 0 Å². The van der Waals surface area contributed by atoms with E-state index < -0.39 is 5.97 Å². The molecule has 0 saturated carbocycles. The van der Waals surface area contributed by atoms with E-state index in [1.165, 1.54) is 6.33 Å². The summed E-state index contributed by atoms with van der Waals surface area (Å²) in [5.41, 5.74) is 13.4. The van der Waals surface area contributed by atoms with Crippen molar-refractivity contribution in [3.63, 3.8) is 0 Å². The molecule has 0 unspecified atom stereocenters. The molecule has 6 aromatic heterocycles. The number of hydrogen-bond acceptors (Lipinski definition) is 10. The molecule has 6 heterocycles. The summed E-state index contributed by atoms with van der Waals surface area (Å²) in [7, 11) is 0. The molecule has 0 saturated heterocycles. The van der Waals surface area contributed by atoms with Crippen LogP contribution in [0.1, 0.15) is 149 Å². The number of carboxylic acids is 1. The van der Waals surface area contributed by atoms with Crippen molar-refractivity contribution >= 4 is 81.9 Å². The Balaban J connectivity index is -0.000000360. The van der Waals surface area contributed by atoms with Gasteiger partial charge in [-0.2, -0.15) is 0 Å². The minimum Gasteiger partial charge on any atom is -0.476 e. The Labute approximate surface area is 390 Å². The predicted octanol–water partition coefficient (Wildman–Crippen LogP) is 9.79. The maximum absolute atomic E-state index is 11.8. The third-order valence-corrected chi connectivity index (χ3v) is 8.83. The van der Waals surface area contributed by atoms with Gasteiger partial charge in [-0.25, -0.2) is 34.7 Å². The van der Waals surface area contributed by atoms with E-state index in [9.17, 15) is 14.4 Å². The normalized spacial score (nSPS) is 9.39. The first-order chi connectivity index (χ1) is 28.5. The van der Waals surface area contributed by atoms with Gasteiger partial charge >= 0.3 is 5.97 Å². The van der Waals surface area contributed by atoms with E-state index in [1.807, 2.05) is 129 Å². The summed E-state index contributed by atoms with van der Waals surface area (Å²) in [6.07, 6.45) is 4.67. The number of imidazole rings is 3. The number of carbonyl (C=O) groups excluding carboxylic acids is 2. The molecule has 0 aromatic carbocycles. The summed E-state index contributed by atoms with van der Waals surface area (Å²) in [6, 6.07) is 0. The number of carboxylic acid groups (broad SMARTS) is 1. The van der Waals surface area contributed by atoms with Crippen molar-refractivity contribution in [1.82, 2.24) is 53.7 Å². The second-order valence-electron chi connectivity index (χ2n) is 11.4. The molecule has 0 spiro atoms. The summed E-state index contributed by atoms with van der Waals surface area (Å²) in [5, 5.41) is 15.0. The summed E-state index contributed by atoms with van der Waals surface area (Å²) < 4.78 is 5.24. The van der Waals surface area contributed by atoms with Crippen molar-refractivity contribution < 1.29 is 20.9 Å². The molecule has 5 N–H and O–H groups in total. The number of aromatic nitrogens is 9. The number of nitrogens with two attached hydrogens (primary N) is 1. The van der Waals surface area contributed by atoms with Crippen LogP contribution in [0, 0.1) is 48.5 Å². The Morgan fingerprint density at radius 3 is 1.18 bits per heavy atom. The highest BCUT2D eigenvalue weighted by atomic mass is 127. The maximum atomic E-state index is 11.8. The fourth-order valence-corrected chi connectivity index (χ4v) is 5.17. The number of amides is 2. The Hall–Kier alpha value is -4.46. The molecule has 61 heavy (non-hydrogen) atoms. The summed E-state index contributed by atoms with van der Waals surface area (Å²) in [5.74, 6) is -1.52.